The van der Waals surface area contributed by atoms with Crippen LogP contribution in [0.15, 0.2) is 24.3 Å². The fourth-order valence-electron chi connectivity index (χ4n) is 1.59. The zero-order chi connectivity index (χ0) is 19.0. The molecule has 0 aliphatic heterocycles. The first-order valence-electron chi connectivity index (χ1n) is 6.18. The summed E-state index contributed by atoms with van der Waals surface area (Å²) in [6.07, 6.45) is -6.98. The Labute approximate surface area is 129 Å². The average molecular weight is 368 g/mol. The molecule has 0 unspecified atom stereocenters. The van der Waals surface area contributed by atoms with Gasteiger partial charge in [0.15, 0.2) is 0 Å². The van der Waals surface area contributed by atoms with Crippen molar-refractivity contribution in [1.82, 2.24) is 0 Å². The van der Waals surface area contributed by atoms with Crippen LogP contribution in [0.3, 0.4) is 0 Å². The fourth-order valence-corrected chi connectivity index (χ4v) is 1.59. The second-order valence-corrected chi connectivity index (χ2v) is 4.51. The molecule has 0 saturated heterocycles. The van der Waals surface area contributed by atoms with Gasteiger partial charge in [0.05, 0.1) is 6.61 Å². The predicted molar refractivity (Wildman–Crippen MR) is 62.8 cm³/mol. The summed E-state index contributed by atoms with van der Waals surface area (Å²) in [5.41, 5.74) is -1.21. The van der Waals surface area contributed by atoms with Gasteiger partial charge in [-0.25, -0.2) is 0 Å². The molecule has 0 radical (unpaired) electrons. The van der Waals surface area contributed by atoms with Gasteiger partial charge in [0.2, 0.25) is 5.78 Å². The molecule has 11 heteroatoms. The Kier molecular flexibility index (Phi) is 5.17. The van der Waals surface area contributed by atoms with Gasteiger partial charge in [-0.05, 0) is 19.1 Å². The lowest BCUT2D eigenvalue weighted by molar-refractivity contribution is -0.386. The standard InChI is InChI=1S/C13H9F9O2/c1-2-24-8-5-3-4-7(6-8)9(23)10(14,15)11(16,17)12(18,19)13(20,21)22/h3-6H,2H2,1H3. The molecule has 2 nitrogen and oxygen atoms in total. The Morgan fingerprint density at radius 3 is 1.96 bits per heavy atom. The number of hydrogen-bond acceptors (Lipinski definition) is 2. The number of carbonyl (C=O) groups is 1. The maximum Gasteiger partial charge on any atom is 0.460 e. The highest BCUT2D eigenvalue weighted by atomic mass is 19.4. The third kappa shape index (κ3) is 3.16. The van der Waals surface area contributed by atoms with E-state index in [0.29, 0.717) is 12.1 Å². The number of rotatable bonds is 6. The molecule has 0 amide bonds. The van der Waals surface area contributed by atoms with E-state index in [4.69, 9.17) is 4.74 Å². The molecule has 0 aliphatic rings. The maximum absolute atomic E-state index is 13.5. The van der Waals surface area contributed by atoms with Crippen molar-refractivity contribution < 1.29 is 49.0 Å². The number of benzene rings is 1. The van der Waals surface area contributed by atoms with Crippen molar-refractivity contribution >= 4 is 5.78 Å². The van der Waals surface area contributed by atoms with E-state index in [1.165, 1.54) is 6.92 Å². The predicted octanol–water partition coefficient (Wildman–Crippen LogP) is 4.74. The third-order valence-electron chi connectivity index (χ3n) is 2.84. The van der Waals surface area contributed by atoms with Gasteiger partial charge in [-0.2, -0.15) is 39.5 Å². The van der Waals surface area contributed by atoms with Crippen LogP contribution >= 0.6 is 0 Å². The van der Waals surface area contributed by atoms with Crippen LogP contribution in [-0.2, 0) is 0 Å². The zero-order valence-corrected chi connectivity index (χ0v) is 11.7. The van der Waals surface area contributed by atoms with Crippen molar-refractivity contribution in [2.75, 3.05) is 6.61 Å². The number of hydrogen-bond donors (Lipinski definition) is 0. The van der Waals surface area contributed by atoms with E-state index < -0.39 is 35.3 Å². The molecule has 0 heterocycles. The van der Waals surface area contributed by atoms with Crippen molar-refractivity contribution in [1.29, 1.82) is 0 Å². The van der Waals surface area contributed by atoms with Gasteiger partial charge >= 0.3 is 23.9 Å². The first-order chi connectivity index (χ1) is 10.7. The van der Waals surface area contributed by atoms with Gasteiger partial charge in [-0.15, -0.1) is 0 Å². The quantitative estimate of drug-likeness (QED) is 0.536. The molecule has 1 rings (SSSR count). The van der Waals surface area contributed by atoms with Crippen LogP contribution in [0.1, 0.15) is 17.3 Å². The molecular formula is C13H9F9O2. The number of ketones is 1. The molecule has 1 aromatic rings. The number of halogens is 9. The Hall–Kier alpha value is -1.94. The van der Waals surface area contributed by atoms with Gasteiger partial charge in [-0.3, -0.25) is 4.79 Å². The number of alkyl halides is 9. The van der Waals surface area contributed by atoms with Crippen molar-refractivity contribution in [2.24, 2.45) is 0 Å². The van der Waals surface area contributed by atoms with Gasteiger partial charge in [0.25, 0.3) is 0 Å². The van der Waals surface area contributed by atoms with E-state index >= 15 is 0 Å². The van der Waals surface area contributed by atoms with Crippen LogP contribution in [0.5, 0.6) is 5.75 Å². The summed E-state index contributed by atoms with van der Waals surface area (Å²) >= 11 is 0. The van der Waals surface area contributed by atoms with Crippen LogP contribution < -0.4 is 4.74 Å². The summed E-state index contributed by atoms with van der Waals surface area (Å²) in [7, 11) is 0. The van der Waals surface area contributed by atoms with Crippen molar-refractivity contribution in [2.45, 2.75) is 30.9 Å². The second kappa shape index (κ2) is 6.17. The topological polar surface area (TPSA) is 26.3 Å². The van der Waals surface area contributed by atoms with E-state index in [-0.39, 0.29) is 12.4 Å². The van der Waals surface area contributed by atoms with Gasteiger partial charge in [-0.1, -0.05) is 12.1 Å². The summed E-state index contributed by atoms with van der Waals surface area (Å²) < 4.78 is 120. The van der Waals surface area contributed by atoms with Gasteiger partial charge in [0.1, 0.15) is 5.75 Å². The van der Waals surface area contributed by atoms with Crippen LogP contribution in [0.4, 0.5) is 39.5 Å². The highest BCUT2D eigenvalue weighted by Crippen LogP contribution is 2.53. The molecule has 0 fully saturated rings. The van der Waals surface area contributed by atoms with Gasteiger partial charge < -0.3 is 4.74 Å². The molecule has 1 aromatic carbocycles. The largest absolute Gasteiger partial charge is 0.494 e. The molecule has 0 N–H and O–H groups in total. The lowest BCUT2D eigenvalue weighted by atomic mass is 9.95. The number of carbonyl (C=O) groups excluding carboxylic acids is 1. The van der Waals surface area contributed by atoms with Crippen LogP contribution in [0, 0.1) is 0 Å². The normalized spacial score (nSPS) is 13.8. The molecule has 136 valence electrons. The monoisotopic (exact) mass is 368 g/mol. The van der Waals surface area contributed by atoms with E-state index in [9.17, 15) is 44.3 Å². The Balaban J connectivity index is 3.32. The van der Waals surface area contributed by atoms with E-state index in [0.717, 1.165) is 12.1 Å². The Morgan fingerprint density at radius 2 is 1.50 bits per heavy atom. The smallest absolute Gasteiger partial charge is 0.460 e. The average Bonchev–Trinajstić information content (AvgIpc) is 2.45. The number of ether oxygens (including phenoxy) is 1. The van der Waals surface area contributed by atoms with Crippen LogP contribution in [-0.4, -0.2) is 36.3 Å². The van der Waals surface area contributed by atoms with E-state index in [2.05, 4.69) is 0 Å². The highest BCUT2D eigenvalue weighted by Gasteiger charge is 2.83. The molecule has 0 atom stereocenters. The van der Waals surface area contributed by atoms with E-state index in [1.807, 2.05) is 0 Å². The molecular weight excluding hydrogens is 359 g/mol. The van der Waals surface area contributed by atoms with Crippen molar-refractivity contribution in [3.8, 4) is 5.75 Å². The Morgan fingerprint density at radius 1 is 0.958 bits per heavy atom. The minimum atomic E-state index is -7.11. The minimum absolute atomic E-state index is 0.00363. The summed E-state index contributed by atoms with van der Waals surface area (Å²) in [5.74, 6) is -23.5. The zero-order valence-electron chi connectivity index (χ0n) is 11.7. The Bertz CT molecular complexity index is 608. The molecule has 0 aromatic heterocycles. The lowest BCUT2D eigenvalue weighted by Crippen LogP contribution is -2.63. The molecule has 0 bridgehead atoms. The summed E-state index contributed by atoms with van der Waals surface area (Å²) in [4.78, 5) is 11.5. The maximum atomic E-state index is 13.5. The summed E-state index contributed by atoms with van der Waals surface area (Å²) in [6.45, 7) is 1.46. The first kappa shape index (κ1) is 20.1. The molecule has 0 spiro atoms. The van der Waals surface area contributed by atoms with Gasteiger partial charge in [0, 0.05) is 5.56 Å². The van der Waals surface area contributed by atoms with Crippen molar-refractivity contribution in [3.63, 3.8) is 0 Å². The molecule has 0 saturated carbocycles. The first-order valence-corrected chi connectivity index (χ1v) is 6.18. The van der Waals surface area contributed by atoms with E-state index in [1.54, 1.807) is 0 Å². The summed E-state index contributed by atoms with van der Waals surface area (Å²) in [6, 6.07) is 3.14. The fraction of sp³-hybridized carbons (Fsp3) is 0.462. The van der Waals surface area contributed by atoms with Crippen molar-refractivity contribution in [3.05, 3.63) is 29.8 Å². The highest BCUT2D eigenvalue weighted by molar-refractivity contribution is 6.02. The SMILES string of the molecule is CCOc1cccc(C(=O)C(F)(F)C(F)(F)C(F)(F)C(F)(F)F)c1. The third-order valence-corrected chi connectivity index (χ3v) is 2.84. The molecule has 0 aliphatic carbocycles. The lowest BCUT2D eigenvalue weighted by Gasteiger charge is -2.32. The summed E-state index contributed by atoms with van der Waals surface area (Å²) in [5, 5.41) is 0. The molecule has 24 heavy (non-hydrogen) atoms. The minimum Gasteiger partial charge on any atom is -0.494 e. The second-order valence-electron chi connectivity index (χ2n) is 4.51. The number of Topliss-reactive ketones (excluding diaryl/α,β-unsaturated/α-hetero) is 1. The van der Waals surface area contributed by atoms with Crippen LogP contribution in [0.2, 0.25) is 0 Å². The van der Waals surface area contributed by atoms with Crippen LogP contribution in [0.25, 0.3) is 0 Å².